The summed E-state index contributed by atoms with van der Waals surface area (Å²) in [5.74, 6) is -0.840. The second-order valence-corrected chi connectivity index (χ2v) is 25.6. The van der Waals surface area contributed by atoms with Gasteiger partial charge in [0.25, 0.3) is 0 Å². The van der Waals surface area contributed by atoms with Gasteiger partial charge < -0.3 is 14.2 Å². The lowest BCUT2D eigenvalue weighted by atomic mass is 10.0. The fraction of sp³-hybridized carbons (Fsp3) is 0.933. The zero-order chi connectivity index (χ0) is 58.5. The molecule has 0 N–H and O–H groups in total. The Morgan fingerprint density at radius 1 is 0.235 bits per heavy atom. The molecule has 6 heteroatoms. The van der Waals surface area contributed by atoms with Crippen LogP contribution in [0.4, 0.5) is 0 Å². The lowest BCUT2D eigenvalue weighted by Crippen LogP contribution is -2.30. The highest BCUT2D eigenvalue weighted by Gasteiger charge is 2.20. The van der Waals surface area contributed by atoms with Crippen LogP contribution in [0.1, 0.15) is 432 Å². The van der Waals surface area contributed by atoms with Crippen LogP contribution in [0.5, 0.6) is 0 Å². The molecule has 1 atom stereocenters. The quantitative estimate of drug-likeness (QED) is 0.0261. The molecule has 0 amide bonds. The van der Waals surface area contributed by atoms with E-state index < -0.39 is 6.10 Å². The van der Waals surface area contributed by atoms with Crippen molar-refractivity contribution in [1.29, 1.82) is 0 Å². The van der Waals surface area contributed by atoms with Crippen molar-refractivity contribution in [3.8, 4) is 0 Å². The van der Waals surface area contributed by atoms with Crippen LogP contribution < -0.4 is 0 Å². The summed E-state index contributed by atoms with van der Waals surface area (Å²) in [5, 5.41) is 0. The van der Waals surface area contributed by atoms with Crippen molar-refractivity contribution in [2.45, 2.75) is 438 Å². The molecule has 480 valence electrons. The fourth-order valence-corrected chi connectivity index (χ4v) is 11.7. The van der Waals surface area contributed by atoms with E-state index >= 15 is 0 Å². The van der Waals surface area contributed by atoms with Crippen molar-refractivity contribution in [3.05, 3.63) is 12.2 Å². The summed E-state index contributed by atoms with van der Waals surface area (Å²) in [4.78, 5) is 38.2. The molecule has 0 fully saturated rings. The molecule has 0 aliphatic rings. The molecular weight excluding hydrogens is 997 g/mol. The van der Waals surface area contributed by atoms with Crippen LogP contribution in [-0.4, -0.2) is 37.2 Å². The number of unbranched alkanes of at least 4 members (excludes halogenated alkanes) is 57. The third kappa shape index (κ3) is 68.8. The Balaban J connectivity index is 3.96. The summed E-state index contributed by atoms with van der Waals surface area (Å²) >= 11 is 0. The Hall–Kier alpha value is -1.85. The van der Waals surface area contributed by atoms with E-state index in [1.807, 2.05) is 0 Å². The van der Waals surface area contributed by atoms with E-state index in [4.69, 9.17) is 14.2 Å². The van der Waals surface area contributed by atoms with Crippen LogP contribution in [-0.2, 0) is 28.6 Å². The molecule has 1 unspecified atom stereocenters. The molecule has 0 aromatic rings. The van der Waals surface area contributed by atoms with Gasteiger partial charge in [0, 0.05) is 19.3 Å². The highest BCUT2D eigenvalue weighted by Crippen LogP contribution is 2.20. The van der Waals surface area contributed by atoms with Gasteiger partial charge in [-0.05, 0) is 44.9 Å². The smallest absolute Gasteiger partial charge is 0.306 e. The van der Waals surface area contributed by atoms with Gasteiger partial charge in [-0.25, -0.2) is 0 Å². The van der Waals surface area contributed by atoms with Crippen LogP contribution in [0, 0.1) is 0 Å². The number of hydrogen-bond donors (Lipinski definition) is 0. The molecule has 0 saturated heterocycles. The zero-order valence-electron chi connectivity index (χ0n) is 55.4. The number of ether oxygens (including phenoxy) is 3. The third-order valence-electron chi connectivity index (χ3n) is 17.3. The average Bonchev–Trinajstić information content (AvgIpc) is 3.47. The van der Waals surface area contributed by atoms with Gasteiger partial charge in [0.2, 0.25) is 0 Å². The van der Waals surface area contributed by atoms with Crippen LogP contribution >= 0.6 is 0 Å². The maximum absolute atomic E-state index is 12.9. The summed E-state index contributed by atoms with van der Waals surface area (Å²) in [5.41, 5.74) is 0. The van der Waals surface area contributed by atoms with Crippen LogP contribution in [0.2, 0.25) is 0 Å². The number of allylic oxidation sites excluding steroid dienone is 2. The summed E-state index contributed by atoms with van der Waals surface area (Å²) in [6.07, 6.45) is 85.8. The molecule has 0 spiro atoms. The molecule has 6 nitrogen and oxygen atoms in total. The number of rotatable bonds is 70. The topological polar surface area (TPSA) is 78.9 Å². The van der Waals surface area contributed by atoms with E-state index in [0.29, 0.717) is 19.3 Å². The molecule has 0 heterocycles. The second-order valence-electron chi connectivity index (χ2n) is 25.6. The first kappa shape index (κ1) is 79.2. The first-order valence-electron chi connectivity index (χ1n) is 37.2. The van der Waals surface area contributed by atoms with Gasteiger partial charge in [-0.1, -0.05) is 380 Å². The Labute approximate surface area is 507 Å². The Bertz CT molecular complexity index is 1260. The minimum atomic E-state index is -0.766. The van der Waals surface area contributed by atoms with Crippen molar-refractivity contribution in [1.82, 2.24) is 0 Å². The van der Waals surface area contributed by atoms with E-state index in [-0.39, 0.29) is 31.1 Å². The number of hydrogen-bond acceptors (Lipinski definition) is 6. The van der Waals surface area contributed by atoms with E-state index in [2.05, 4.69) is 32.9 Å². The van der Waals surface area contributed by atoms with Crippen molar-refractivity contribution >= 4 is 17.9 Å². The molecule has 0 radical (unpaired) electrons. The van der Waals surface area contributed by atoms with Crippen molar-refractivity contribution in [2.75, 3.05) is 13.2 Å². The van der Waals surface area contributed by atoms with E-state index in [9.17, 15) is 14.4 Å². The fourth-order valence-electron chi connectivity index (χ4n) is 11.7. The molecule has 0 aromatic heterocycles. The summed E-state index contributed by atoms with van der Waals surface area (Å²) in [7, 11) is 0. The lowest BCUT2D eigenvalue weighted by molar-refractivity contribution is -0.167. The molecular formula is C75H144O6. The molecule has 81 heavy (non-hydrogen) atoms. The van der Waals surface area contributed by atoms with Crippen LogP contribution in [0.25, 0.3) is 0 Å². The summed E-state index contributed by atoms with van der Waals surface area (Å²) in [6.45, 7) is 6.69. The van der Waals surface area contributed by atoms with Crippen molar-refractivity contribution in [2.24, 2.45) is 0 Å². The van der Waals surface area contributed by atoms with Gasteiger partial charge in [0.1, 0.15) is 13.2 Å². The van der Waals surface area contributed by atoms with Gasteiger partial charge >= 0.3 is 17.9 Å². The first-order chi connectivity index (χ1) is 40.0. The largest absolute Gasteiger partial charge is 0.462 e. The molecule has 0 aliphatic carbocycles. The van der Waals surface area contributed by atoms with E-state index in [0.717, 1.165) is 57.8 Å². The highest BCUT2D eigenvalue weighted by atomic mass is 16.6. The van der Waals surface area contributed by atoms with Crippen LogP contribution in [0.15, 0.2) is 12.2 Å². The molecule has 0 aromatic carbocycles. The standard InChI is InChI=1S/C75H144O6/c1-4-7-10-13-16-19-21-23-25-27-29-31-32-33-34-35-36-37-38-39-40-41-42-43-45-46-48-50-52-54-56-59-62-65-68-74(77)80-71-72(70-79-73(76)67-64-61-58-18-15-12-9-6-3)81-75(78)69-66-63-60-57-55-53-51-49-47-44-30-28-26-24-22-20-17-14-11-8-5-2/h28,30,72H,4-27,29,31-71H2,1-3H3/b30-28-. The maximum Gasteiger partial charge on any atom is 0.306 e. The van der Waals surface area contributed by atoms with Crippen molar-refractivity contribution < 1.29 is 28.6 Å². The average molecular weight is 1140 g/mol. The minimum Gasteiger partial charge on any atom is -0.462 e. The molecule has 0 bridgehead atoms. The normalized spacial score (nSPS) is 12.0. The van der Waals surface area contributed by atoms with Crippen LogP contribution in [0.3, 0.4) is 0 Å². The minimum absolute atomic E-state index is 0.0646. The monoisotopic (exact) mass is 1140 g/mol. The molecule has 0 aliphatic heterocycles. The van der Waals surface area contributed by atoms with Gasteiger partial charge in [-0.2, -0.15) is 0 Å². The number of carbonyl (C=O) groups is 3. The SMILES string of the molecule is CCCCCCCCCC/C=C\CCCCCCCCCCCC(=O)OC(COC(=O)CCCCCCCCCC)COC(=O)CCCCCCCCCCCCCCCCCCCCCCCCCCCCCCCCCCCC. The molecule has 0 saturated carbocycles. The Kier molecular flexibility index (Phi) is 69.0. The Morgan fingerprint density at radius 2 is 0.407 bits per heavy atom. The van der Waals surface area contributed by atoms with Gasteiger partial charge in [0.15, 0.2) is 6.10 Å². The molecule has 0 rings (SSSR count). The lowest BCUT2D eigenvalue weighted by Gasteiger charge is -2.18. The maximum atomic E-state index is 12.9. The summed E-state index contributed by atoms with van der Waals surface area (Å²) < 4.78 is 16.9. The predicted octanol–water partition coefficient (Wildman–Crippen LogP) is 25.6. The second kappa shape index (κ2) is 70.6. The van der Waals surface area contributed by atoms with Crippen molar-refractivity contribution in [3.63, 3.8) is 0 Å². The van der Waals surface area contributed by atoms with Gasteiger partial charge in [-0.15, -0.1) is 0 Å². The third-order valence-corrected chi connectivity index (χ3v) is 17.3. The Morgan fingerprint density at radius 3 is 0.617 bits per heavy atom. The number of esters is 3. The predicted molar refractivity (Wildman–Crippen MR) is 353 cm³/mol. The van der Waals surface area contributed by atoms with Gasteiger partial charge in [-0.3, -0.25) is 14.4 Å². The zero-order valence-corrected chi connectivity index (χ0v) is 55.4. The van der Waals surface area contributed by atoms with Gasteiger partial charge in [0.05, 0.1) is 0 Å². The van der Waals surface area contributed by atoms with E-state index in [1.165, 1.54) is 334 Å². The highest BCUT2D eigenvalue weighted by molar-refractivity contribution is 5.71. The van der Waals surface area contributed by atoms with E-state index in [1.54, 1.807) is 0 Å². The summed E-state index contributed by atoms with van der Waals surface area (Å²) in [6, 6.07) is 0. The number of carbonyl (C=O) groups excluding carboxylic acids is 3. The first-order valence-corrected chi connectivity index (χ1v) is 37.2.